The predicted octanol–water partition coefficient (Wildman–Crippen LogP) is 3.31. The number of rotatable bonds is 4. The molecule has 0 aromatic heterocycles. The molecule has 1 aliphatic heterocycles. The van der Waals surface area contributed by atoms with Crippen molar-refractivity contribution in [1.82, 2.24) is 4.90 Å². The van der Waals surface area contributed by atoms with Crippen LogP contribution in [0.1, 0.15) is 49.0 Å². The number of hydrogen-bond donors (Lipinski definition) is 1. The molecule has 1 aromatic rings. The summed E-state index contributed by atoms with van der Waals surface area (Å²) in [7, 11) is 1.93. The van der Waals surface area contributed by atoms with Gasteiger partial charge in [0, 0.05) is 30.9 Å². The van der Waals surface area contributed by atoms with Gasteiger partial charge in [-0.3, -0.25) is 4.79 Å². The summed E-state index contributed by atoms with van der Waals surface area (Å²) in [5.74, 6) is 0.161. The first-order valence-electron chi connectivity index (χ1n) is 7.31. The zero-order valence-corrected chi connectivity index (χ0v) is 12.2. The number of benzene rings is 1. The van der Waals surface area contributed by atoms with Crippen LogP contribution in [0.15, 0.2) is 18.2 Å². The molecule has 0 radical (unpaired) electrons. The van der Waals surface area contributed by atoms with Crippen LogP contribution in [0.2, 0.25) is 0 Å². The zero-order chi connectivity index (χ0) is 13.8. The van der Waals surface area contributed by atoms with Crippen LogP contribution in [0, 0.1) is 0 Å². The number of nitrogens with zero attached hydrogens (tertiary/aromatic N) is 1. The van der Waals surface area contributed by atoms with Gasteiger partial charge in [0.2, 0.25) is 0 Å². The molecular weight excluding hydrogens is 236 g/mol. The predicted molar refractivity (Wildman–Crippen MR) is 79.7 cm³/mol. The summed E-state index contributed by atoms with van der Waals surface area (Å²) >= 11 is 0. The molecule has 0 bridgehead atoms. The number of fused-ring (bicyclic) bond motifs is 1. The lowest BCUT2D eigenvalue weighted by atomic mass is 9.96. The number of amides is 1. The van der Waals surface area contributed by atoms with Crippen molar-refractivity contribution in [1.29, 1.82) is 0 Å². The molecule has 2 rings (SSSR count). The normalized spacial score (nSPS) is 13.9. The van der Waals surface area contributed by atoms with Crippen LogP contribution in [-0.2, 0) is 6.42 Å². The summed E-state index contributed by atoms with van der Waals surface area (Å²) in [6, 6.07) is 6.35. The monoisotopic (exact) mass is 260 g/mol. The molecule has 3 nitrogen and oxygen atoms in total. The average molecular weight is 260 g/mol. The molecule has 0 spiro atoms. The fourth-order valence-corrected chi connectivity index (χ4v) is 2.90. The van der Waals surface area contributed by atoms with Crippen molar-refractivity contribution in [3.05, 3.63) is 29.3 Å². The van der Waals surface area contributed by atoms with Crippen LogP contribution >= 0.6 is 0 Å². The summed E-state index contributed by atoms with van der Waals surface area (Å²) in [6.07, 6.45) is 4.12. The van der Waals surface area contributed by atoms with E-state index in [4.69, 9.17) is 0 Å². The zero-order valence-electron chi connectivity index (χ0n) is 12.2. The molecule has 1 aliphatic rings. The second-order valence-electron chi connectivity index (χ2n) is 5.25. The van der Waals surface area contributed by atoms with Crippen molar-refractivity contribution in [3.8, 4) is 0 Å². The summed E-state index contributed by atoms with van der Waals surface area (Å²) in [5, 5.41) is 3.38. The number of nitrogens with one attached hydrogen (secondary N) is 1. The minimum Gasteiger partial charge on any atom is -0.385 e. The van der Waals surface area contributed by atoms with Crippen LogP contribution in [0.25, 0.3) is 0 Å². The Balaban J connectivity index is 2.29. The minimum atomic E-state index is 0.161. The van der Waals surface area contributed by atoms with Crippen molar-refractivity contribution in [2.45, 2.75) is 45.6 Å². The number of carbonyl (C=O) groups is 1. The van der Waals surface area contributed by atoms with Crippen molar-refractivity contribution in [2.24, 2.45) is 0 Å². The van der Waals surface area contributed by atoms with Gasteiger partial charge in [0.15, 0.2) is 0 Å². The fraction of sp³-hybridized carbons (Fsp3) is 0.562. The third-order valence-electron chi connectivity index (χ3n) is 4.14. The molecule has 19 heavy (non-hydrogen) atoms. The Labute approximate surface area is 116 Å². The van der Waals surface area contributed by atoms with Gasteiger partial charge in [-0.1, -0.05) is 19.9 Å². The summed E-state index contributed by atoms with van der Waals surface area (Å²) in [5.41, 5.74) is 3.20. The molecule has 0 atom stereocenters. The van der Waals surface area contributed by atoms with E-state index in [-0.39, 0.29) is 5.91 Å². The van der Waals surface area contributed by atoms with Gasteiger partial charge in [-0.2, -0.15) is 0 Å². The molecule has 0 fully saturated rings. The van der Waals surface area contributed by atoms with Crippen LogP contribution in [0.4, 0.5) is 5.69 Å². The van der Waals surface area contributed by atoms with Crippen molar-refractivity contribution in [3.63, 3.8) is 0 Å². The topological polar surface area (TPSA) is 32.3 Å². The van der Waals surface area contributed by atoms with Gasteiger partial charge in [-0.15, -0.1) is 0 Å². The van der Waals surface area contributed by atoms with Crippen molar-refractivity contribution >= 4 is 11.6 Å². The highest BCUT2D eigenvalue weighted by Gasteiger charge is 2.23. The van der Waals surface area contributed by atoms with E-state index in [0.29, 0.717) is 6.04 Å². The van der Waals surface area contributed by atoms with Crippen LogP contribution in [0.5, 0.6) is 0 Å². The van der Waals surface area contributed by atoms with Crippen molar-refractivity contribution in [2.75, 3.05) is 18.9 Å². The Kier molecular flexibility index (Phi) is 4.46. The maximum absolute atomic E-state index is 12.7. The second kappa shape index (κ2) is 6.09. The molecule has 0 unspecified atom stereocenters. The molecule has 1 heterocycles. The van der Waals surface area contributed by atoms with E-state index in [0.717, 1.165) is 43.5 Å². The molecule has 0 aliphatic carbocycles. The molecule has 1 aromatic carbocycles. The van der Waals surface area contributed by atoms with E-state index < -0.39 is 0 Å². The quantitative estimate of drug-likeness (QED) is 0.901. The molecule has 0 saturated carbocycles. The lowest BCUT2D eigenvalue weighted by Crippen LogP contribution is -2.37. The molecule has 104 valence electrons. The van der Waals surface area contributed by atoms with E-state index in [1.807, 2.05) is 24.1 Å². The largest absolute Gasteiger partial charge is 0.385 e. The SMILES string of the molecule is CCC(CC)N(C)C(=O)c1cccc2c1CCCN2. The van der Waals surface area contributed by atoms with E-state index in [1.165, 1.54) is 5.56 Å². The number of anilines is 1. The third-order valence-corrected chi connectivity index (χ3v) is 4.14. The maximum Gasteiger partial charge on any atom is 0.254 e. The summed E-state index contributed by atoms with van der Waals surface area (Å²) < 4.78 is 0. The molecule has 3 heteroatoms. The number of carbonyl (C=O) groups excluding carboxylic acids is 1. The standard InChI is InChI=1S/C16H24N2O/c1-4-12(5-2)18(3)16(19)14-8-6-10-15-13(14)9-7-11-17-15/h6,8,10,12,17H,4-5,7,9,11H2,1-3H3. The lowest BCUT2D eigenvalue weighted by molar-refractivity contribution is 0.0722. The van der Waals surface area contributed by atoms with Crippen LogP contribution in [-0.4, -0.2) is 30.4 Å². The maximum atomic E-state index is 12.7. The fourth-order valence-electron chi connectivity index (χ4n) is 2.90. The van der Waals surface area contributed by atoms with Gasteiger partial charge in [0.05, 0.1) is 0 Å². The third kappa shape index (κ3) is 2.75. The highest BCUT2D eigenvalue weighted by atomic mass is 16.2. The smallest absolute Gasteiger partial charge is 0.254 e. The van der Waals surface area contributed by atoms with Gasteiger partial charge in [-0.25, -0.2) is 0 Å². The van der Waals surface area contributed by atoms with Gasteiger partial charge in [-0.05, 0) is 43.4 Å². The summed E-state index contributed by atoms with van der Waals surface area (Å²) in [4.78, 5) is 14.6. The molecule has 1 N–H and O–H groups in total. The van der Waals surface area contributed by atoms with Gasteiger partial charge in [0.1, 0.15) is 0 Å². The van der Waals surface area contributed by atoms with E-state index in [9.17, 15) is 4.79 Å². The molecular formula is C16H24N2O. The molecule has 0 saturated heterocycles. The minimum absolute atomic E-state index is 0.161. The average Bonchev–Trinajstić information content (AvgIpc) is 2.47. The Bertz CT molecular complexity index is 452. The van der Waals surface area contributed by atoms with E-state index in [1.54, 1.807) is 0 Å². The Morgan fingerprint density at radius 1 is 1.37 bits per heavy atom. The summed E-state index contributed by atoms with van der Waals surface area (Å²) in [6.45, 7) is 5.28. The van der Waals surface area contributed by atoms with E-state index in [2.05, 4.69) is 25.2 Å². The Hall–Kier alpha value is -1.51. The van der Waals surface area contributed by atoms with Gasteiger partial charge >= 0.3 is 0 Å². The lowest BCUT2D eigenvalue weighted by Gasteiger charge is -2.28. The van der Waals surface area contributed by atoms with Crippen molar-refractivity contribution < 1.29 is 4.79 Å². The highest BCUT2D eigenvalue weighted by Crippen LogP contribution is 2.26. The Morgan fingerprint density at radius 2 is 2.11 bits per heavy atom. The highest BCUT2D eigenvalue weighted by molar-refractivity contribution is 5.97. The Morgan fingerprint density at radius 3 is 2.79 bits per heavy atom. The molecule has 1 amide bonds. The van der Waals surface area contributed by atoms with Gasteiger partial charge in [0.25, 0.3) is 5.91 Å². The number of hydrogen-bond acceptors (Lipinski definition) is 2. The van der Waals surface area contributed by atoms with Crippen LogP contribution in [0.3, 0.4) is 0 Å². The first kappa shape index (κ1) is 13.9. The second-order valence-corrected chi connectivity index (χ2v) is 5.25. The van der Waals surface area contributed by atoms with Gasteiger partial charge < -0.3 is 10.2 Å². The first-order chi connectivity index (χ1) is 9.19. The first-order valence-corrected chi connectivity index (χ1v) is 7.31. The van der Waals surface area contributed by atoms with E-state index >= 15 is 0 Å². The van der Waals surface area contributed by atoms with Crippen LogP contribution < -0.4 is 5.32 Å².